The number of carbonyl (C=O) groups excluding carboxylic acids is 1. The van der Waals surface area contributed by atoms with Crippen LogP contribution in [-0.4, -0.2) is 44.9 Å². The standard InChI is InChI=1S/C17H22ClFN2O5/c1-17(2,3)26-16(22)21-8-11(9-24-10-23-4)25-14-6-5-13(19)15(18)12(14)7-20/h5-6,11H,8-10H2,1-4H3,(H,21,22)/t11-/m0/s1. The van der Waals surface area contributed by atoms with Crippen molar-refractivity contribution >= 4 is 17.7 Å². The maximum absolute atomic E-state index is 13.5. The van der Waals surface area contributed by atoms with Gasteiger partial charge in [0.2, 0.25) is 0 Å². The van der Waals surface area contributed by atoms with Crippen LogP contribution in [0.2, 0.25) is 5.02 Å². The van der Waals surface area contributed by atoms with Crippen molar-refractivity contribution in [2.75, 3.05) is 27.1 Å². The van der Waals surface area contributed by atoms with Gasteiger partial charge in [0, 0.05) is 7.11 Å². The number of nitrogens with zero attached hydrogens (tertiary/aromatic N) is 1. The SMILES string of the molecule is COCOC[C@H](CNC(=O)OC(C)(C)C)Oc1ccc(F)c(Cl)c1C#N. The van der Waals surface area contributed by atoms with Crippen molar-refractivity contribution in [2.45, 2.75) is 32.5 Å². The molecule has 0 saturated heterocycles. The normalized spacial score (nSPS) is 12.2. The topological polar surface area (TPSA) is 89.8 Å². The molecule has 7 nitrogen and oxygen atoms in total. The van der Waals surface area contributed by atoms with Gasteiger partial charge in [0.25, 0.3) is 0 Å². The van der Waals surface area contributed by atoms with Crippen LogP contribution >= 0.6 is 11.6 Å². The average molecular weight is 389 g/mol. The molecule has 144 valence electrons. The zero-order chi connectivity index (χ0) is 19.7. The lowest BCUT2D eigenvalue weighted by Gasteiger charge is -2.23. The lowest BCUT2D eigenvalue weighted by atomic mass is 10.2. The van der Waals surface area contributed by atoms with Crippen molar-refractivity contribution in [1.29, 1.82) is 5.26 Å². The summed E-state index contributed by atoms with van der Waals surface area (Å²) in [7, 11) is 1.46. The third-order valence-corrected chi connectivity index (χ3v) is 3.21. The maximum Gasteiger partial charge on any atom is 0.407 e. The zero-order valence-electron chi connectivity index (χ0n) is 15.1. The van der Waals surface area contributed by atoms with Crippen molar-refractivity contribution in [3.05, 3.63) is 28.5 Å². The number of hydrogen-bond acceptors (Lipinski definition) is 6. The van der Waals surface area contributed by atoms with E-state index in [4.69, 9.17) is 30.5 Å². The fraction of sp³-hybridized carbons (Fsp3) is 0.529. The van der Waals surface area contributed by atoms with Crippen molar-refractivity contribution in [3.63, 3.8) is 0 Å². The van der Waals surface area contributed by atoms with E-state index in [1.165, 1.54) is 13.2 Å². The molecule has 0 spiro atoms. The highest BCUT2D eigenvalue weighted by atomic mass is 35.5. The Labute approximate surface area is 156 Å². The minimum atomic E-state index is -0.727. The van der Waals surface area contributed by atoms with Gasteiger partial charge >= 0.3 is 6.09 Å². The number of nitrogens with one attached hydrogen (secondary N) is 1. The molecule has 9 heteroatoms. The van der Waals surface area contributed by atoms with E-state index in [2.05, 4.69) is 5.32 Å². The first kappa shape index (κ1) is 22.0. The van der Waals surface area contributed by atoms with E-state index in [1.54, 1.807) is 26.8 Å². The first-order chi connectivity index (χ1) is 12.2. The smallest absolute Gasteiger partial charge is 0.407 e. The third-order valence-electron chi connectivity index (χ3n) is 2.84. The highest BCUT2D eigenvalue weighted by Gasteiger charge is 2.20. The molecule has 0 aliphatic rings. The van der Waals surface area contributed by atoms with E-state index >= 15 is 0 Å². The van der Waals surface area contributed by atoms with Gasteiger partial charge < -0.3 is 24.3 Å². The molecule has 0 bridgehead atoms. The van der Waals surface area contributed by atoms with E-state index in [0.717, 1.165) is 6.07 Å². The number of methoxy groups -OCH3 is 1. The van der Waals surface area contributed by atoms with Crippen LogP contribution in [-0.2, 0) is 14.2 Å². The minimum absolute atomic E-state index is 0.0155. The highest BCUT2D eigenvalue weighted by Crippen LogP contribution is 2.29. The molecule has 26 heavy (non-hydrogen) atoms. The molecule has 1 amide bonds. The molecule has 0 radical (unpaired) electrons. The Morgan fingerprint density at radius 3 is 2.69 bits per heavy atom. The van der Waals surface area contributed by atoms with Gasteiger partial charge in [-0.2, -0.15) is 5.26 Å². The third kappa shape index (κ3) is 7.44. The van der Waals surface area contributed by atoms with Crippen molar-refractivity contribution < 1.29 is 28.1 Å². The molecular weight excluding hydrogens is 367 g/mol. The second kappa shape index (κ2) is 10.2. The van der Waals surface area contributed by atoms with Gasteiger partial charge in [-0.25, -0.2) is 9.18 Å². The van der Waals surface area contributed by atoms with Gasteiger partial charge in [0.1, 0.15) is 41.7 Å². The summed E-state index contributed by atoms with van der Waals surface area (Å²) < 4.78 is 34.4. The van der Waals surface area contributed by atoms with E-state index in [1.807, 2.05) is 0 Å². The molecule has 1 aromatic carbocycles. The van der Waals surface area contributed by atoms with Crippen molar-refractivity contribution in [1.82, 2.24) is 5.32 Å². The molecule has 1 atom stereocenters. The molecule has 1 aromatic rings. The number of carbonyl (C=O) groups is 1. The molecule has 0 unspecified atom stereocenters. The summed E-state index contributed by atoms with van der Waals surface area (Å²) >= 11 is 5.79. The monoisotopic (exact) mass is 388 g/mol. The number of hydrogen-bond donors (Lipinski definition) is 1. The van der Waals surface area contributed by atoms with Gasteiger partial charge in [0.15, 0.2) is 0 Å². The predicted molar refractivity (Wildman–Crippen MR) is 92.6 cm³/mol. The van der Waals surface area contributed by atoms with Crippen molar-refractivity contribution in [3.8, 4) is 11.8 Å². The van der Waals surface area contributed by atoms with Crippen molar-refractivity contribution in [2.24, 2.45) is 0 Å². The zero-order valence-corrected chi connectivity index (χ0v) is 15.9. The van der Waals surface area contributed by atoms with Gasteiger partial charge in [-0.15, -0.1) is 0 Å². The molecule has 0 saturated carbocycles. The maximum atomic E-state index is 13.5. The Morgan fingerprint density at radius 2 is 2.12 bits per heavy atom. The fourth-order valence-electron chi connectivity index (χ4n) is 1.82. The Morgan fingerprint density at radius 1 is 1.42 bits per heavy atom. The van der Waals surface area contributed by atoms with Gasteiger partial charge in [0.05, 0.1) is 18.2 Å². The van der Waals surface area contributed by atoms with E-state index < -0.39 is 23.6 Å². The number of ether oxygens (including phenoxy) is 4. The summed E-state index contributed by atoms with van der Waals surface area (Å²) in [6.45, 7) is 5.30. The van der Waals surface area contributed by atoms with E-state index in [9.17, 15) is 14.4 Å². The highest BCUT2D eigenvalue weighted by molar-refractivity contribution is 6.32. The quantitative estimate of drug-likeness (QED) is 0.543. The van der Waals surface area contributed by atoms with Crippen LogP contribution in [0.3, 0.4) is 0 Å². The van der Waals surface area contributed by atoms with Gasteiger partial charge in [-0.05, 0) is 32.9 Å². The molecule has 0 aliphatic heterocycles. The van der Waals surface area contributed by atoms with Crippen LogP contribution in [0.5, 0.6) is 5.75 Å². The van der Waals surface area contributed by atoms with Crippen LogP contribution in [0.25, 0.3) is 0 Å². The molecule has 1 rings (SSSR count). The van der Waals surface area contributed by atoms with Crippen LogP contribution in [0, 0.1) is 17.1 Å². The molecular formula is C17H22ClFN2O5. The Hall–Kier alpha value is -2.08. The number of nitriles is 1. The Balaban J connectivity index is 2.82. The summed E-state index contributed by atoms with van der Waals surface area (Å²) in [5.74, 6) is -0.648. The molecule has 0 heterocycles. The van der Waals surface area contributed by atoms with Gasteiger partial charge in [-0.1, -0.05) is 11.6 Å². The van der Waals surface area contributed by atoms with Crippen LogP contribution in [0.1, 0.15) is 26.3 Å². The van der Waals surface area contributed by atoms with Gasteiger partial charge in [-0.3, -0.25) is 0 Å². The van der Waals surface area contributed by atoms with E-state index in [-0.39, 0.29) is 36.3 Å². The first-order valence-electron chi connectivity index (χ1n) is 7.76. The Bertz CT molecular complexity index is 658. The molecule has 0 fully saturated rings. The largest absolute Gasteiger partial charge is 0.485 e. The summed E-state index contributed by atoms with van der Waals surface area (Å²) in [5, 5.41) is 11.4. The number of halogens is 2. The lowest BCUT2D eigenvalue weighted by molar-refractivity contribution is -0.0561. The Kier molecular flexibility index (Phi) is 8.58. The van der Waals surface area contributed by atoms with E-state index in [0.29, 0.717) is 0 Å². The summed E-state index contributed by atoms with van der Waals surface area (Å²) in [4.78, 5) is 11.8. The number of amides is 1. The average Bonchev–Trinajstić information content (AvgIpc) is 2.54. The molecule has 1 N–H and O–H groups in total. The molecule has 0 aromatic heterocycles. The van der Waals surface area contributed by atoms with Crippen LogP contribution < -0.4 is 10.1 Å². The lowest BCUT2D eigenvalue weighted by Crippen LogP contribution is -2.41. The van der Waals surface area contributed by atoms with Crippen LogP contribution in [0.15, 0.2) is 12.1 Å². The fourth-order valence-corrected chi connectivity index (χ4v) is 2.02. The predicted octanol–water partition coefficient (Wildman–Crippen LogP) is 3.24. The molecule has 0 aliphatic carbocycles. The summed E-state index contributed by atoms with van der Waals surface area (Å²) in [5.41, 5.74) is -0.786. The second-order valence-corrected chi connectivity index (χ2v) is 6.62. The first-order valence-corrected chi connectivity index (χ1v) is 8.14. The second-order valence-electron chi connectivity index (χ2n) is 6.25. The minimum Gasteiger partial charge on any atom is -0.485 e. The number of benzene rings is 1. The number of alkyl carbamates (subject to hydrolysis) is 1. The summed E-state index contributed by atoms with van der Waals surface area (Å²) in [6, 6.07) is 4.18. The number of rotatable bonds is 8. The van der Waals surface area contributed by atoms with Crippen LogP contribution in [0.4, 0.5) is 9.18 Å². The summed E-state index contributed by atoms with van der Waals surface area (Å²) in [6.07, 6.45) is -1.32.